The van der Waals surface area contributed by atoms with Gasteiger partial charge in [-0.2, -0.15) is 0 Å². The third kappa shape index (κ3) is 2.71. The molecule has 5 nitrogen and oxygen atoms in total. The van der Waals surface area contributed by atoms with E-state index in [9.17, 15) is 0 Å². The first-order valence-electron chi connectivity index (χ1n) is 11.3. The Morgan fingerprint density at radius 2 is 1.81 bits per heavy atom. The van der Waals surface area contributed by atoms with Crippen molar-refractivity contribution in [2.24, 2.45) is 0 Å². The number of ether oxygens (including phenoxy) is 1. The number of nitrogens with one attached hydrogen (secondary N) is 2. The summed E-state index contributed by atoms with van der Waals surface area (Å²) in [6, 6.07) is 21.4. The van der Waals surface area contributed by atoms with Crippen LogP contribution in [0.15, 0.2) is 72.4 Å². The zero-order valence-electron chi connectivity index (χ0n) is 18.9. The largest absolute Gasteiger partial charge is 0.462 e. The minimum absolute atomic E-state index is 0.00143. The normalized spacial score (nSPS) is 25.0. The summed E-state index contributed by atoms with van der Waals surface area (Å²) < 4.78 is 6.23. The molecule has 3 aromatic rings. The monoisotopic (exact) mass is 424 g/mol. The molecule has 6 rings (SSSR count). The Kier molecular flexibility index (Phi) is 4.14. The van der Waals surface area contributed by atoms with Crippen molar-refractivity contribution in [1.82, 2.24) is 15.6 Å². The summed E-state index contributed by atoms with van der Waals surface area (Å²) in [6.07, 6.45) is 1.66. The van der Waals surface area contributed by atoms with Crippen molar-refractivity contribution in [1.29, 1.82) is 0 Å². The molecule has 2 aliphatic heterocycles. The Morgan fingerprint density at radius 3 is 2.66 bits per heavy atom. The second-order valence-corrected chi connectivity index (χ2v) is 9.49. The Balaban J connectivity index is 1.34. The first kappa shape index (κ1) is 19.4. The van der Waals surface area contributed by atoms with Crippen molar-refractivity contribution in [3.63, 3.8) is 0 Å². The van der Waals surface area contributed by atoms with E-state index in [0.717, 1.165) is 22.7 Å². The molecule has 0 bridgehead atoms. The molecule has 2 aromatic carbocycles. The second-order valence-electron chi connectivity index (χ2n) is 9.49. The van der Waals surface area contributed by atoms with E-state index in [2.05, 4.69) is 90.8 Å². The fraction of sp³-hybridized carbons (Fsp3) is 0.296. The maximum absolute atomic E-state index is 6.23. The number of hydrogen-bond acceptors (Lipinski definition) is 5. The van der Waals surface area contributed by atoms with Gasteiger partial charge in [0.25, 0.3) is 0 Å². The van der Waals surface area contributed by atoms with Gasteiger partial charge in [-0.05, 0) is 47.9 Å². The van der Waals surface area contributed by atoms with E-state index in [4.69, 9.17) is 4.74 Å². The standard InChI is InChI=1S/C27H28N4O/c1-16-23-24(18-9-5-6-10-19(18)27(23,2)3)30-25(29-16)17-13-14-28-20(15-17)26-31(4)21-11-7-8-12-22(21)32-26/h5-16,25-26,29-30H,1-4H3. The Morgan fingerprint density at radius 1 is 1.03 bits per heavy atom. The van der Waals surface area contributed by atoms with Gasteiger partial charge >= 0.3 is 0 Å². The summed E-state index contributed by atoms with van der Waals surface area (Å²) in [6.45, 7) is 6.91. The SMILES string of the molecule is CC1NC(c2ccnc(C3Oc4ccccc4N3C)c2)NC2=C1C(C)(C)c1ccccc12. The predicted octanol–water partition coefficient (Wildman–Crippen LogP) is 4.89. The number of nitrogens with zero attached hydrogens (tertiary/aromatic N) is 2. The molecule has 1 aliphatic carbocycles. The topological polar surface area (TPSA) is 49.4 Å². The van der Waals surface area contributed by atoms with Gasteiger partial charge in [-0.25, -0.2) is 0 Å². The lowest BCUT2D eigenvalue weighted by Gasteiger charge is -2.37. The maximum Gasteiger partial charge on any atom is 0.215 e. The molecule has 0 fully saturated rings. The highest BCUT2D eigenvalue weighted by molar-refractivity contribution is 5.80. The third-order valence-electron chi connectivity index (χ3n) is 7.18. The van der Waals surface area contributed by atoms with E-state index in [0.29, 0.717) is 0 Å². The van der Waals surface area contributed by atoms with Crippen LogP contribution in [0.2, 0.25) is 0 Å². The molecule has 0 saturated heterocycles. The minimum Gasteiger partial charge on any atom is -0.462 e. The van der Waals surface area contributed by atoms with Crippen LogP contribution in [0.5, 0.6) is 5.75 Å². The van der Waals surface area contributed by atoms with Crippen molar-refractivity contribution in [2.45, 2.75) is 44.6 Å². The summed E-state index contributed by atoms with van der Waals surface area (Å²) in [7, 11) is 2.05. The summed E-state index contributed by atoms with van der Waals surface area (Å²) in [4.78, 5) is 6.80. The van der Waals surface area contributed by atoms with Crippen LogP contribution >= 0.6 is 0 Å². The van der Waals surface area contributed by atoms with Crippen LogP contribution in [0.1, 0.15) is 55.5 Å². The third-order valence-corrected chi connectivity index (χ3v) is 7.18. The molecular formula is C27H28N4O. The number of rotatable bonds is 2. The Labute approximate surface area is 189 Å². The molecular weight excluding hydrogens is 396 g/mol. The summed E-state index contributed by atoms with van der Waals surface area (Å²) in [5.74, 6) is 0.898. The number of anilines is 1. The van der Waals surface area contributed by atoms with Crippen molar-refractivity contribution >= 4 is 11.4 Å². The zero-order chi connectivity index (χ0) is 22.0. The molecule has 1 aromatic heterocycles. The fourth-order valence-electron chi connectivity index (χ4n) is 5.67. The van der Waals surface area contributed by atoms with Crippen LogP contribution in [0.25, 0.3) is 5.70 Å². The van der Waals surface area contributed by atoms with E-state index < -0.39 is 0 Å². The number of para-hydroxylation sites is 2. The van der Waals surface area contributed by atoms with Gasteiger partial charge in [-0.1, -0.05) is 50.2 Å². The molecule has 3 heterocycles. The summed E-state index contributed by atoms with van der Waals surface area (Å²) in [5, 5.41) is 7.60. The average molecular weight is 425 g/mol. The minimum atomic E-state index is -0.228. The molecule has 32 heavy (non-hydrogen) atoms. The van der Waals surface area contributed by atoms with Gasteiger partial charge in [-0.3, -0.25) is 10.3 Å². The van der Waals surface area contributed by atoms with E-state index in [1.807, 2.05) is 24.4 Å². The number of benzene rings is 2. The van der Waals surface area contributed by atoms with E-state index in [1.165, 1.54) is 22.4 Å². The van der Waals surface area contributed by atoms with Crippen LogP contribution in [-0.4, -0.2) is 18.1 Å². The van der Waals surface area contributed by atoms with E-state index >= 15 is 0 Å². The lowest BCUT2D eigenvalue weighted by atomic mass is 9.78. The molecule has 0 spiro atoms. The van der Waals surface area contributed by atoms with Crippen LogP contribution < -0.4 is 20.3 Å². The average Bonchev–Trinajstić information content (AvgIpc) is 3.26. The van der Waals surface area contributed by atoms with Gasteiger partial charge in [-0.15, -0.1) is 0 Å². The van der Waals surface area contributed by atoms with Crippen molar-refractivity contribution in [3.8, 4) is 5.75 Å². The van der Waals surface area contributed by atoms with Gasteiger partial charge in [0.1, 0.15) is 17.6 Å². The van der Waals surface area contributed by atoms with Gasteiger partial charge in [0.15, 0.2) is 0 Å². The molecule has 0 amide bonds. The number of hydrogen-bond donors (Lipinski definition) is 2. The van der Waals surface area contributed by atoms with Crippen LogP contribution in [-0.2, 0) is 5.41 Å². The van der Waals surface area contributed by atoms with Crippen molar-refractivity contribution < 1.29 is 4.74 Å². The highest BCUT2D eigenvalue weighted by Crippen LogP contribution is 2.49. The first-order valence-corrected chi connectivity index (χ1v) is 11.3. The van der Waals surface area contributed by atoms with Crippen molar-refractivity contribution in [2.75, 3.05) is 11.9 Å². The van der Waals surface area contributed by atoms with Gasteiger partial charge in [0, 0.05) is 36.0 Å². The highest BCUT2D eigenvalue weighted by atomic mass is 16.5. The molecule has 162 valence electrons. The van der Waals surface area contributed by atoms with E-state index in [1.54, 1.807) is 0 Å². The summed E-state index contributed by atoms with van der Waals surface area (Å²) in [5.41, 5.74) is 8.56. The summed E-state index contributed by atoms with van der Waals surface area (Å²) >= 11 is 0. The predicted molar refractivity (Wildman–Crippen MR) is 127 cm³/mol. The smallest absolute Gasteiger partial charge is 0.215 e. The van der Waals surface area contributed by atoms with Crippen LogP contribution in [0.3, 0.4) is 0 Å². The number of aromatic nitrogens is 1. The zero-order valence-corrected chi connectivity index (χ0v) is 18.9. The highest BCUT2D eigenvalue weighted by Gasteiger charge is 2.43. The van der Waals surface area contributed by atoms with E-state index in [-0.39, 0.29) is 23.9 Å². The van der Waals surface area contributed by atoms with Gasteiger partial charge in [0.05, 0.1) is 5.69 Å². The lowest BCUT2D eigenvalue weighted by molar-refractivity contribution is 0.229. The number of pyridine rings is 1. The van der Waals surface area contributed by atoms with Crippen molar-refractivity contribution in [3.05, 3.63) is 94.8 Å². The Hall–Kier alpha value is -3.31. The molecule has 0 radical (unpaired) electrons. The van der Waals surface area contributed by atoms with Crippen LogP contribution in [0, 0.1) is 0 Å². The fourth-order valence-corrected chi connectivity index (χ4v) is 5.67. The molecule has 3 atom stereocenters. The molecule has 0 saturated carbocycles. The van der Waals surface area contributed by atoms with Gasteiger partial charge in [0.2, 0.25) is 6.23 Å². The Bertz CT molecular complexity index is 1250. The molecule has 2 N–H and O–H groups in total. The first-order chi connectivity index (χ1) is 15.4. The maximum atomic E-state index is 6.23. The molecule has 3 unspecified atom stereocenters. The lowest BCUT2D eigenvalue weighted by Crippen LogP contribution is -2.47. The quantitative estimate of drug-likeness (QED) is 0.613. The van der Waals surface area contributed by atoms with Gasteiger partial charge < -0.3 is 15.0 Å². The molecule has 5 heteroatoms. The van der Waals surface area contributed by atoms with Crippen LogP contribution in [0.4, 0.5) is 5.69 Å². The molecule has 3 aliphatic rings. The second kappa shape index (κ2) is 6.84. The number of fused-ring (bicyclic) bond motifs is 3.